The van der Waals surface area contributed by atoms with E-state index >= 15 is 0 Å². The predicted molar refractivity (Wildman–Crippen MR) is 172 cm³/mol. The Labute approximate surface area is 254 Å². The molecule has 0 bridgehead atoms. The summed E-state index contributed by atoms with van der Waals surface area (Å²) in [6, 6.07) is 24.2. The number of hydrogen-bond donors (Lipinski definition) is 1. The molecule has 7 nitrogen and oxygen atoms in total. The van der Waals surface area contributed by atoms with Gasteiger partial charge in [-0.1, -0.05) is 99.2 Å². The van der Waals surface area contributed by atoms with Crippen LogP contribution < -0.4 is 25.1 Å². The van der Waals surface area contributed by atoms with Gasteiger partial charge >= 0.3 is 0 Å². The summed E-state index contributed by atoms with van der Waals surface area (Å²) >= 11 is 1.21. The van der Waals surface area contributed by atoms with E-state index in [0.29, 0.717) is 44.3 Å². The number of rotatable bonds is 7. The van der Waals surface area contributed by atoms with Crippen molar-refractivity contribution in [1.29, 1.82) is 0 Å². The molecule has 1 atom stereocenters. The van der Waals surface area contributed by atoms with Crippen LogP contribution in [0, 0.1) is 0 Å². The van der Waals surface area contributed by atoms with Gasteiger partial charge in [0.1, 0.15) is 4.53 Å². The second kappa shape index (κ2) is 11.6. The van der Waals surface area contributed by atoms with E-state index in [1.165, 1.54) is 11.3 Å². The number of hydrogen-bond acceptors (Lipinski definition) is 5. The van der Waals surface area contributed by atoms with Gasteiger partial charge in [-0.2, -0.15) is 0 Å². The highest BCUT2D eigenvalue weighted by atomic mass is 32.1. The predicted octanol–water partition coefficient (Wildman–Crippen LogP) is 5.51. The largest absolute Gasteiger partial charge is 0.322 e. The summed E-state index contributed by atoms with van der Waals surface area (Å²) in [7, 11) is 0. The van der Waals surface area contributed by atoms with Crippen LogP contribution in [0.1, 0.15) is 69.2 Å². The topological polar surface area (TPSA) is 83.8 Å². The van der Waals surface area contributed by atoms with Crippen molar-refractivity contribution in [2.45, 2.75) is 52.5 Å². The monoisotopic (exact) mass is 590 g/mol. The molecule has 8 heteroatoms. The van der Waals surface area contributed by atoms with Gasteiger partial charge in [0.05, 0.1) is 28.6 Å². The van der Waals surface area contributed by atoms with Gasteiger partial charge in [0.15, 0.2) is 4.80 Å². The van der Waals surface area contributed by atoms with Crippen LogP contribution in [0.15, 0.2) is 99.9 Å². The summed E-state index contributed by atoms with van der Waals surface area (Å²) in [6.07, 6.45) is 1.81. The molecule has 0 unspecified atom stereocenters. The molecule has 0 radical (unpaired) electrons. The van der Waals surface area contributed by atoms with Gasteiger partial charge in [0.2, 0.25) is 0 Å². The number of allylic oxidation sites excluding steroid dienone is 1. The number of fused-ring (bicyclic) bond motifs is 2. The zero-order valence-corrected chi connectivity index (χ0v) is 25.6. The number of para-hydroxylation sites is 2. The van der Waals surface area contributed by atoms with Crippen LogP contribution in [0.3, 0.4) is 0 Å². The minimum absolute atomic E-state index is 0.171. The summed E-state index contributed by atoms with van der Waals surface area (Å²) in [5.74, 6) is -0.160. The van der Waals surface area contributed by atoms with Crippen LogP contribution in [-0.2, 0) is 9.59 Å². The number of thiazole rings is 1. The number of amides is 2. The number of aromatic nitrogens is 1. The normalized spacial score (nSPS) is 17.2. The fourth-order valence-corrected chi connectivity index (χ4v) is 6.94. The first-order valence-corrected chi connectivity index (χ1v) is 15.5. The Morgan fingerprint density at radius 1 is 0.977 bits per heavy atom. The Morgan fingerprint density at radius 3 is 2.37 bits per heavy atom. The van der Waals surface area contributed by atoms with Crippen LogP contribution >= 0.6 is 11.3 Å². The van der Waals surface area contributed by atoms with Gasteiger partial charge in [-0.3, -0.25) is 19.0 Å². The molecule has 0 fully saturated rings. The third-order valence-corrected chi connectivity index (χ3v) is 9.13. The molecule has 3 aromatic carbocycles. The van der Waals surface area contributed by atoms with E-state index in [4.69, 9.17) is 4.99 Å². The average molecular weight is 591 g/mol. The van der Waals surface area contributed by atoms with Crippen LogP contribution in [0.2, 0.25) is 0 Å². The second-order valence-electron chi connectivity index (χ2n) is 11.2. The van der Waals surface area contributed by atoms with E-state index < -0.39 is 6.04 Å². The molecule has 3 heterocycles. The molecular formula is C35H34N4O3S. The molecule has 0 aliphatic carbocycles. The molecule has 2 amide bonds. The minimum Gasteiger partial charge on any atom is -0.322 e. The highest BCUT2D eigenvalue weighted by Crippen LogP contribution is 2.36. The quantitative estimate of drug-likeness (QED) is 0.308. The SMILES string of the molecule is CCCCN1C(=O)/C(=c2/sc3n(c2=O)[C@@H](c2ccc(C(C)C)cc2)C(C(=O)Nc2ccccc2)=C(C)N=3)c2ccccc21. The lowest BCUT2D eigenvalue weighted by atomic mass is 9.93. The number of nitrogens with one attached hydrogen (secondary N) is 1. The van der Waals surface area contributed by atoms with Crippen LogP contribution in [-0.4, -0.2) is 22.9 Å². The maximum Gasteiger partial charge on any atom is 0.271 e. The highest BCUT2D eigenvalue weighted by molar-refractivity contribution is 7.07. The van der Waals surface area contributed by atoms with Crippen LogP contribution in [0.5, 0.6) is 0 Å². The summed E-state index contributed by atoms with van der Waals surface area (Å²) in [5, 5.41) is 2.99. The Balaban J connectivity index is 1.56. The first-order valence-electron chi connectivity index (χ1n) is 14.7. The van der Waals surface area contributed by atoms with Gasteiger partial charge in [-0.05, 0) is 48.6 Å². The van der Waals surface area contributed by atoms with E-state index in [9.17, 15) is 14.4 Å². The minimum atomic E-state index is -0.710. The maximum atomic E-state index is 14.4. The van der Waals surface area contributed by atoms with E-state index in [1.807, 2.05) is 78.9 Å². The number of benzene rings is 3. The number of carbonyl (C=O) groups is 2. The van der Waals surface area contributed by atoms with Crippen LogP contribution in [0.25, 0.3) is 5.57 Å². The van der Waals surface area contributed by atoms with Gasteiger partial charge in [-0.15, -0.1) is 0 Å². The molecule has 2 aliphatic heterocycles. The smallest absolute Gasteiger partial charge is 0.271 e. The Hall–Kier alpha value is -4.56. The zero-order valence-electron chi connectivity index (χ0n) is 24.8. The molecule has 0 saturated heterocycles. The van der Waals surface area contributed by atoms with Crippen molar-refractivity contribution in [2.24, 2.45) is 4.99 Å². The third-order valence-electron chi connectivity index (χ3n) is 8.08. The third kappa shape index (κ3) is 5.06. The summed E-state index contributed by atoms with van der Waals surface area (Å²) < 4.78 is 1.94. The van der Waals surface area contributed by atoms with Crippen molar-refractivity contribution in [3.8, 4) is 0 Å². The lowest BCUT2D eigenvalue weighted by molar-refractivity contribution is -0.114. The van der Waals surface area contributed by atoms with E-state index in [1.54, 1.807) is 16.4 Å². The Morgan fingerprint density at radius 2 is 1.67 bits per heavy atom. The average Bonchev–Trinajstić information content (AvgIpc) is 3.47. The zero-order chi connectivity index (χ0) is 30.2. The number of carbonyl (C=O) groups excluding carboxylic acids is 2. The fraction of sp³-hybridized carbons (Fsp3) is 0.257. The maximum absolute atomic E-state index is 14.4. The molecule has 43 heavy (non-hydrogen) atoms. The van der Waals surface area contributed by atoms with Crippen molar-refractivity contribution >= 4 is 40.1 Å². The van der Waals surface area contributed by atoms with Crippen molar-refractivity contribution in [2.75, 3.05) is 16.8 Å². The summed E-state index contributed by atoms with van der Waals surface area (Å²) in [6.45, 7) is 8.73. The van der Waals surface area contributed by atoms with Gasteiger partial charge < -0.3 is 10.2 Å². The van der Waals surface area contributed by atoms with E-state index in [0.717, 1.165) is 35.2 Å². The number of anilines is 2. The molecule has 4 aromatic rings. The molecule has 1 aromatic heterocycles. The van der Waals surface area contributed by atoms with Crippen molar-refractivity contribution in [3.05, 3.63) is 127 Å². The fourth-order valence-electron chi connectivity index (χ4n) is 5.80. The number of nitrogens with zero attached hydrogens (tertiary/aromatic N) is 3. The van der Waals surface area contributed by atoms with E-state index in [2.05, 4.69) is 26.1 Å². The molecule has 0 spiro atoms. The lowest BCUT2D eigenvalue weighted by Crippen LogP contribution is -2.41. The first kappa shape index (κ1) is 28.6. The van der Waals surface area contributed by atoms with Gasteiger partial charge in [-0.25, -0.2) is 4.99 Å². The Bertz CT molecular complexity index is 1940. The second-order valence-corrected chi connectivity index (χ2v) is 12.2. The van der Waals surface area contributed by atoms with Crippen LogP contribution in [0.4, 0.5) is 11.4 Å². The highest BCUT2D eigenvalue weighted by Gasteiger charge is 2.36. The Kier molecular flexibility index (Phi) is 7.71. The lowest BCUT2D eigenvalue weighted by Gasteiger charge is -2.25. The van der Waals surface area contributed by atoms with Gasteiger partial charge in [0, 0.05) is 17.8 Å². The molecule has 0 saturated carbocycles. The number of unbranched alkanes of at least 4 members (excludes halogenated alkanes) is 1. The molecule has 2 aliphatic rings. The summed E-state index contributed by atoms with van der Waals surface area (Å²) in [4.78, 5) is 49.2. The van der Waals surface area contributed by atoms with Crippen molar-refractivity contribution in [3.63, 3.8) is 0 Å². The molecule has 218 valence electrons. The summed E-state index contributed by atoms with van der Waals surface area (Å²) in [5.41, 5.74) is 5.20. The van der Waals surface area contributed by atoms with Gasteiger partial charge in [0.25, 0.3) is 17.4 Å². The molecule has 6 rings (SSSR count). The molecular weight excluding hydrogens is 556 g/mol. The van der Waals surface area contributed by atoms with Crippen molar-refractivity contribution < 1.29 is 9.59 Å². The van der Waals surface area contributed by atoms with E-state index in [-0.39, 0.29) is 17.4 Å². The molecule has 1 N–H and O–H groups in total. The first-order chi connectivity index (χ1) is 20.8. The standard InChI is InChI=1S/C35H34N4O3S/c1-5-6-20-38-27-15-11-10-14-26(27)29(33(38)41)31-34(42)39-30(24-18-16-23(17-19-24)21(2)3)28(22(4)36-35(39)43-31)32(40)37-25-12-8-7-9-13-25/h7-19,21,30H,5-6,20H2,1-4H3,(H,37,40)/b31-29+/t30-/m0/s1. The van der Waals surface area contributed by atoms with Crippen molar-refractivity contribution in [1.82, 2.24) is 4.57 Å².